The molecule has 2 aliphatic rings. The molecule has 0 aliphatic heterocycles. The molecule has 7 heteroatoms. The molecule has 2 unspecified atom stereocenters. The van der Waals surface area contributed by atoms with Crippen molar-refractivity contribution < 1.29 is 24.6 Å². The zero-order chi connectivity index (χ0) is 19.6. The van der Waals surface area contributed by atoms with Crippen LogP contribution in [0.3, 0.4) is 0 Å². The SMILES string of the molecule is O=C(O)CCCCCNC(=O)C1CCC(NC(=O)C2CCCCC2O)CC1. The van der Waals surface area contributed by atoms with Crippen LogP contribution in [0.4, 0.5) is 0 Å². The van der Waals surface area contributed by atoms with Gasteiger partial charge in [-0.2, -0.15) is 0 Å². The molecule has 4 N–H and O–H groups in total. The first kappa shape index (κ1) is 21.7. The lowest BCUT2D eigenvalue weighted by Crippen LogP contribution is -2.46. The van der Waals surface area contributed by atoms with Crippen LogP contribution in [0.15, 0.2) is 0 Å². The summed E-state index contributed by atoms with van der Waals surface area (Å²) in [6, 6.07) is 0.103. The second-order valence-electron chi connectivity index (χ2n) is 8.01. The number of unbranched alkanes of at least 4 members (excludes halogenated alkanes) is 2. The number of carbonyl (C=O) groups is 3. The molecule has 0 bridgehead atoms. The lowest BCUT2D eigenvalue weighted by Gasteiger charge is -2.32. The summed E-state index contributed by atoms with van der Waals surface area (Å²) in [4.78, 5) is 35.0. The second-order valence-corrected chi connectivity index (χ2v) is 8.01. The van der Waals surface area contributed by atoms with E-state index in [0.29, 0.717) is 19.4 Å². The summed E-state index contributed by atoms with van der Waals surface area (Å²) < 4.78 is 0. The highest BCUT2D eigenvalue weighted by Crippen LogP contribution is 2.27. The lowest BCUT2D eigenvalue weighted by molar-refractivity contribution is -0.137. The molecule has 2 atom stereocenters. The number of hydrogen-bond acceptors (Lipinski definition) is 4. The molecule has 2 aliphatic carbocycles. The normalized spacial score (nSPS) is 28.3. The van der Waals surface area contributed by atoms with E-state index in [1.807, 2.05) is 0 Å². The van der Waals surface area contributed by atoms with Crippen LogP contribution in [-0.2, 0) is 14.4 Å². The molecular weight excluding hydrogens is 348 g/mol. The van der Waals surface area contributed by atoms with Gasteiger partial charge in [-0.25, -0.2) is 0 Å². The third kappa shape index (κ3) is 7.48. The number of amides is 2. The Balaban J connectivity index is 1.59. The molecule has 7 nitrogen and oxygen atoms in total. The van der Waals surface area contributed by atoms with Gasteiger partial charge in [-0.1, -0.05) is 19.3 Å². The van der Waals surface area contributed by atoms with E-state index in [9.17, 15) is 19.5 Å². The zero-order valence-corrected chi connectivity index (χ0v) is 16.1. The van der Waals surface area contributed by atoms with Crippen molar-refractivity contribution >= 4 is 17.8 Å². The average Bonchev–Trinajstić information content (AvgIpc) is 2.65. The third-order valence-corrected chi connectivity index (χ3v) is 5.88. The van der Waals surface area contributed by atoms with Crippen molar-refractivity contribution in [2.75, 3.05) is 6.54 Å². The maximum atomic E-state index is 12.4. The molecule has 0 heterocycles. The van der Waals surface area contributed by atoms with Gasteiger partial charge in [0.05, 0.1) is 12.0 Å². The first-order chi connectivity index (χ1) is 13.0. The summed E-state index contributed by atoms with van der Waals surface area (Å²) in [5.74, 6) is -1.02. The fourth-order valence-electron chi connectivity index (χ4n) is 4.16. The van der Waals surface area contributed by atoms with Crippen molar-refractivity contribution in [3.63, 3.8) is 0 Å². The standard InChI is InChI=1S/C20H34N2O5/c23-17-7-4-3-6-16(17)20(27)22-15-11-9-14(10-12-15)19(26)21-13-5-1-2-8-18(24)25/h14-17,23H,1-13H2,(H,21,26)(H,22,27)(H,24,25). The Labute approximate surface area is 161 Å². The Hall–Kier alpha value is -1.63. The van der Waals surface area contributed by atoms with Gasteiger partial charge in [0.1, 0.15) is 0 Å². The number of hydrogen-bond donors (Lipinski definition) is 4. The molecular formula is C20H34N2O5. The lowest BCUT2D eigenvalue weighted by atomic mass is 9.83. The van der Waals surface area contributed by atoms with Crippen molar-refractivity contribution in [3.8, 4) is 0 Å². The van der Waals surface area contributed by atoms with Crippen LogP contribution >= 0.6 is 0 Å². The Kier molecular flexibility index (Phi) is 9.04. The highest BCUT2D eigenvalue weighted by molar-refractivity contribution is 5.80. The number of carboxylic acid groups (broad SMARTS) is 1. The monoisotopic (exact) mass is 382 g/mol. The number of carbonyl (C=O) groups excluding carboxylic acids is 2. The summed E-state index contributed by atoms with van der Waals surface area (Å²) in [7, 11) is 0. The fraction of sp³-hybridized carbons (Fsp3) is 0.850. The summed E-state index contributed by atoms with van der Waals surface area (Å²) in [6.07, 6.45) is 8.50. The van der Waals surface area contributed by atoms with Crippen molar-refractivity contribution in [1.82, 2.24) is 10.6 Å². The van der Waals surface area contributed by atoms with E-state index in [4.69, 9.17) is 5.11 Å². The van der Waals surface area contributed by atoms with Crippen LogP contribution in [0.5, 0.6) is 0 Å². The summed E-state index contributed by atoms with van der Waals surface area (Å²) >= 11 is 0. The van der Waals surface area contributed by atoms with Crippen LogP contribution in [-0.4, -0.2) is 46.7 Å². The quantitative estimate of drug-likeness (QED) is 0.455. The van der Waals surface area contributed by atoms with E-state index >= 15 is 0 Å². The summed E-state index contributed by atoms with van der Waals surface area (Å²) in [5, 5.41) is 24.6. The van der Waals surface area contributed by atoms with Gasteiger partial charge in [-0.3, -0.25) is 14.4 Å². The van der Waals surface area contributed by atoms with Gasteiger partial charge in [0, 0.05) is 24.9 Å². The molecule has 2 rings (SSSR count). The zero-order valence-electron chi connectivity index (χ0n) is 16.1. The number of aliphatic hydroxyl groups excluding tert-OH is 1. The number of aliphatic hydroxyl groups is 1. The van der Waals surface area contributed by atoms with E-state index in [-0.39, 0.29) is 36.1 Å². The Morgan fingerprint density at radius 3 is 2.22 bits per heavy atom. The summed E-state index contributed by atoms with van der Waals surface area (Å²) in [5.41, 5.74) is 0. The van der Waals surface area contributed by atoms with Crippen molar-refractivity contribution in [3.05, 3.63) is 0 Å². The van der Waals surface area contributed by atoms with E-state index in [1.165, 1.54) is 0 Å². The minimum atomic E-state index is -0.777. The first-order valence-corrected chi connectivity index (χ1v) is 10.5. The minimum absolute atomic E-state index is 0.00237. The molecule has 154 valence electrons. The van der Waals surface area contributed by atoms with Gasteiger partial charge in [-0.15, -0.1) is 0 Å². The van der Waals surface area contributed by atoms with Crippen molar-refractivity contribution in [2.45, 2.75) is 89.2 Å². The van der Waals surface area contributed by atoms with E-state index in [2.05, 4.69) is 10.6 Å². The van der Waals surface area contributed by atoms with Gasteiger partial charge in [0.25, 0.3) is 0 Å². The van der Waals surface area contributed by atoms with E-state index in [1.54, 1.807) is 0 Å². The number of rotatable bonds is 9. The average molecular weight is 383 g/mol. The van der Waals surface area contributed by atoms with Crippen LogP contribution in [0.1, 0.15) is 77.0 Å². The predicted molar refractivity (Wildman–Crippen MR) is 101 cm³/mol. The van der Waals surface area contributed by atoms with Gasteiger partial charge in [0.2, 0.25) is 11.8 Å². The van der Waals surface area contributed by atoms with Gasteiger partial charge in [-0.05, 0) is 51.4 Å². The summed E-state index contributed by atoms with van der Waals surface area (Å²) in [6.45, 7) is 0.592. The second kappa shape index (κ2) is 11.3. The molecule has 0 aromatic rings. The highest BCUT2D eigenvalue weighted by Gasteiger charge is 2.32. The Morgan fingerprint density at radius 1 is 0.852 bits per heavy atom. The number of carboxylic acids is 1. The van der Waals surface area contributed by atoms with E-state index < -0.39 is 12.1 Å². The maximum Gasteiger partial charge on any atom is 0.303 e. The topological polar surface area (TPSA) is 116 Å². The molecule has 27 heavy (non-hydrogen) atoms. The Morgan fingerprint density at radius 2 is 1.56 bits per heavy atom. The van der Waals surface area contributed by atoms with Crippen LogP contribution < -0.4 is 10.6 Å². The molecule has 0 spiro atoms. The van der Waals surface area contributed by atoms with Crippen molar-refractivity contribution in [2.24, 2.45) is 11.8 Å². The third-order valence-electron chi connectivity index (χ3n) is 5.88. The number of nitrogens with one attached hydrogen (secondary N) is 2. The molecule has 2 fully saturated rings. The minimum Gasteiger partial charge on any atom is -0.481 e. The highest BCUT2D eigenvalue weighted by atomic mass is 16.4. The maximum absolute atomic E-state index is 12.4. The van der Waals surface area contributed by atoms with Gasteiger partial charge < -0.3 is 20.8 Å². The van der Waals surface area contributed by atoms with Crippen molar-refractivity contribution in [1.29, 1.82) is 0 Å². The Bertz CT molecular complexity index is 503. The molecule has 0 aromatic heterocycles. The molecule has 0 aromatic carbocycles. The first-order valence-electron chi connectivity index (χ1n) is 10.5. The smallest absolute Gasteiger partial charge is 0.303 e. The van der Waals surface area contributed by atoms with Crippen LogP contribution in [0.25, 0.3) is 0 Å². The predicted octanol–water partition coefficient (Wildman–Crippen LogP) is 1.97. The van der Waals surface area contributed by atoms with Gasteiger partial charge >= 0.3 is 5.97 Å². The molecule has 2 amide bonds. The molecule has 0 radical (unpaired) electrons. The largest absolute Gasteiger partial charge is 0.481 e. The van der Waals surface area contributed by atoms with Crippen LogP contribution in [0.2, 0.25) is 0 Å². The molecule has 2 saturated carbocycles. The number of aliphatic carboxylic acids is 1. The van der Waals surface area contributed by atoms with E-state index in [0.717, 1.165) is 57.8 Å². The van der Waals surface area contributed by atoms with Crippen LogP contribution in [0, 0.1) is 11.8 Å². The van der Waals surface area contributed by atoms with Gasteiger partial charge in [0.15, 0.2) is 0 Å². The fourth-order valence-corrected chi connectivity index (χ4v) is 4.16. The molecule has 0 saturated heterocycles.